The van der Waals surface area contributed by atoms with E-state index in [0.717, 1.165) is 0 Å². The predicted octanol–water partition coefficient (Wildman–Crippen LogP) is 3.47. The molecule has 0 spiro atoms. The van der Waals surface area contributed by atoms with Crippen LogP contribution in [0.25, 0.3) is 0 Å². The Morgan fingerprint density at radius 2 is 1.64 bits per heavy atom. The van der Waals surface area contributed by atoms with Crippen LogP contribution >= 0.6 is 0 Å². The fourth-order valence-corrected chi connectivity index (χ4v) is 7.29. The highest BCUT2D eigenvalue weighted by atomic mass is 32.2. The average molecular weight is 487 g/mol. The van der Waals surface area contributed by atoms with Gasteiger partial charge in [-0.2, -0.15) is 0 Å². The number of ether oxygens (including phenoxy) is 1. The second-order valence-electron chi connectivity index (χ2n) is 9.79. The van der Waals surface area contributed by atoms with E-state index in [9.17, 15) is 26.4 Å². The Morgan fingerprint density at radius 3 is 2.12 bits per heavy atom. The molecule has 0 unspecified atom stereocenters. The van der Waals surface area contributed by atoms with E-state index in [4.69, 9.17) is 10.5 Å². The van der Waals surface area contributed by atoms with Gasteiger partial charge in [0.1, 0.15) is 12.4 Å². The van der Waals surface area contributed by atoms with Gasteiger partial charge in [0.15, 0.2) is 9.84 Å². The number of benzene rings is 1. The van der Waals surface area contributed by atoms with Crippen LogP contribution in [-0.2, 0) is 14.6 Å². The van der Waals surface area contributed by atoms with Gasteiger partial charge >= 0.3 is 0 Å². The second kappa shape index (κ2) is 8.61. The topological polar surface area (TPSA) is 89.7 Å². The van der Waals surface area contributed by atoms with Gasteiger partial charge in [0.25, 0.3) is 5.92 Å². The molecule has 3 aliphatic carbocycles. The summed E-state index contributed by atoms with van der Waals surface area (Å²) in [6.07, 6.45) is 3.82. The summed E-state index contributed by atoms with van der Waals surface area (Å²) in [5, 5.41) is 0. The number of alkyl halides is 2. The first-order valence-electron chi connectivity index (χ1n) is 11.1. The number of hydrogen-bond donors (Lipinski definition) is 1. The van der Waals surface area contributed by atoms with Gasteiger partial charge in [0.05, 0.1) is 30.1 Å². The molecule has 1 aromatic carbocycles. The van der Waals surface area contributed by atoms with E-state index in [-0.39, 0.29) is 35.3 Å². The van der Waals surface area contributed by atoms with E-state index in [2.05, 4.69) is 0 Å². The van der Waals surface area contributed by atoms with Gasteiger partial charge in [0.2, 0.25) is 5.91 Å². The maximum Gasteiger partial charge on any atom is 0.282 e. The lowest BCUT2D eigenvalue weighted by Gasteiger charge is -2.55. The van der Waals surface area contributed by atoms with Crippen LogP contribution in [0.5, 0.6) is 5.75 Å². The molecule has 5 rings (SSSR count). The van der Waals surface area contributed by atoms with Crippen molar-refractivity contribution in [2.45, 2.75) is 49.3 Å². The minimum Gasteiger partial charge on any atom is -0.489 e. The summed E-state index contributed by atoms with van der Waals surface area (Å²) in [7, 11) is -3.57. The SMILES string of the molecule is NC/C(=C\F)COc1ccc(S(=O)(=O)CC23CCC(C(=O)N4CC(F)(F)C4)(CC2)CC3)cc1. The normalized spacial score (nSPS) is 29.0. The summed E-state index contributed by atoms with van der Waals surface area (Å²) in [5.74, 6) is -2.57. The van der Waals surface area contributed by atoms with E-state index >= 15 is 0 Å². The van der Waals surface area contributed by atoms with Crippen molar-refractivity contribution in [3.8, 4) is 5.75 Å². The Bertz CT molecular complexity index is 1010. The zero-order valence-electron chi connectivity index (χ0n) is 18.4. The van der Waals surface area contributed by atoms with Gasteiger partial charge in [-0.1, -0.05) is 0 Å². The first-order chi connectivity index (χ1) is 15.5. The number of carbonyl (C=O) groups is 1. The van der Waals surface area contributed by atoms with E-state index < -0.39 is 39.7 Å². The number of halogens is 3. The molecule has 182 valence electrons. The molecular weight excluding hydrogens is 457 g/mol. The summed E-state index contributed by atoms with van der Waals surface area (Å²) < 4.78 is 70.7. The summed E-state index contributed by atoms with van der Waals surface area (Å²) in [5.41, 5.74) is 4.67. The fourth-order valence-electron chi connectivity index (χ4n) is 5.33. The molecule has 0 aromatic heterocycles. The fraction of sp³-hybridized carbons (Fsp3) is 0.609. The van der Waals surface area contributed by atoms with Gasteiger partial charge < -0.3 is 15.4 Å². The molecule has 4 fully saturated rings. The number of amides is 1. The smallest absolute Gasteiger partial charge is 0.282 e. The van der Waals surface area contributed by atoms with Crippen LogP contribution in [0.3, 0.4) is 0 Å². The van der Waals surface area contributed by atoms with Crippen molar-refractivity contribution >= 4 is 15.7 Å². The van der Waals surface area contributed by atoms with Crippen LogP contribution in [0.1, 0.15) is 38.5 Å². The van der Waals surface area contributed by atoms with Gasteiger partial charge in [-0.15, -0.1) is 0 Å². The largest absolute Gasteiger partial charge is 0.489 e. The zero-order valence-corrected chi connectivity index (χ0v) is 19.2. The molecule has 2 N–H and O–H groups in total. The first-order valence-corrected chi connectivity index (χ1v) is 12.8. The van der Waals surface area contributed by atoms with Crippen LogP contribution in [-0.4, -0.2) is 57.1 Å². The van der Waals surface area contributed by atoms with E-state index in [1.54, 1.807) is 0 Å². The average Bonchev–Trinajstić information content (AvgIpc) is 2.78. The lowest BCUT2D eigenvalue weighted by molar-refractivity contribution is -0.182. The number of likely N-dealkylation sites (tertiary alicyclic amines) is 1. The highest BCUT2D eigenvalue weighted by Gasteiger charge is 2.57. The van der Waals surface area contributed by atoms with Crippen LogP contribution in [0.2, 0.25) is 0 Å². The van der Waals surface area contributed by atoms with Crippen molar-refractivity contribution in [1.82, 2.24) is 4.90 Å². The van der Waals surface area contributed by atoms with Crippen molar-refractivity contribution < 1.29 is 31.1 Å². The molecule has 0 radical (unpaired) electrons. The molecule has 4 aliphatic rings. The number of sulfone groups is 1. The van der Waals surface area contributed by atoms with Crippen molar-refractivity contribution in [1.29, 1.82) is 0 Å². The number of fused-ring (bicyclic) bond motifs is 3. The second-order valence-corrected chi connectivity index (χ2v) is 11.8. The number of rotatable bonds is 8. The number of nitrogens with zero attached hydrogens (tertiary/aromatic N) is 1. The molecule has 2 bridgehead atoms. The van der Waals surface area contributed by atoms with Crippen molar-refractivity contribution in [2.24, 2.45) is 16.6 Å². The number of carbonyl (C=O) groups excluding carboxylic acids is 1. The van der Waals surface area contributed by atoms with E-state index in [1.165, 1.54) is 29.2 Å². The quantitative estimate of drug-likeness (QED) is 0.608. The lowest BCUT2D eigenvalue weighted by atomic mass is 9.54. The predicted molar refractivity (Wildman–Crippen MR) is 116 cm³/mol. The van der Waals surface area contributed by atoms with Crippen LogP contribution < -0.4 is 10.5 Å². The third kappa shape index (κ3) is 4.77. The van der Waals surface area contributed by atoms with E-state index in [1.807, 2.05) is 0 Å². The maximum atomic E-state index is 13.2. The van der Waals surface area contributed by atoms with Crippen LogP contribution in [0.4, 0.5) is 13.2 Å². The third-order valence-electron chi connectivity index (χ3n) is 7.51. The molecule has 1 saturated heterocycles. The van der Waals surface area contributed by atoms with E-state index in [0.29, 0.717) is 50.6 Å². The maximum absolute atomic E-state index is 13.2. The minimum atomic E-state index is -3.57. The van der Waals surface area contributed by atoms with Gasteiger partial charge in [-0.05, 0) is 68.2 Å². The molecule has 1 amide bonds. The third-order valence-corrected chi connectivity index (χ3v) is 9.49. The highest BCUT2D eigenvalue weighted by molar-refractivity contribution is 7.91. The van der Waals surface area contributed by atoms with Crippen LogP contribution in [0, 0.1) is 10.8 Å². The Kier molecular flexibility index (Phi) is 6.28. The van der Waals surface area contributed by atoms with Crippen LogP contribution in [0.15, 0.2) is 41.1 Å². The molecule has 10 heteroatoms. The lowest BCUT2D eigenvalue weighted by Crippen LogP contribution is -2.63. The van der Waals surface area contributed by atoms with Gasteiger partial charge in [-0.25, -0.2) is 21.6 Å². The molecular formula is C23H29F3N2O4S. The molecule has 6 nitrogen and oxygen atoms in total. The Labute approximate surface area is 191 Å². The van der Waals surface area contributed by atoms with Gasteiger partial charge in [-0.3, -0.25) is 4.79 Å². The first kappa shape index (κ1) is 24.1. The minimum absolute atomic E-state index is 0.00578. The molecule has 3 saturated carbocycles. The Hall–Kier alpha value is -2.07. The van der Waals surface area contributed by atoms with Crippen molar-refractivity contribution in [3.05, 3.63) is 36.2 Å². The summed E-state index contributed by atoms with van der Waals surface area (Å²) in [6.45, 7) is -1.00. The molecule has 0 atom stereocenters. The molecule has 1 heterocycles. The zero-order chi connectivity index (χ0) is 23.9. The highest BCUT2D eigenvalue weighted by Crippen LogP contribution is 2.58. The van der Waals surface area contributed by atoms with Crippen molar-refractivity contribution in [3.63, 3.8) is 0 Å². The van der Waals surface area contributed by atoms with Crippen molar-refractivity contribution in [2.75, 3.05) is 32.0 Å². The Balaban J connectivity index is 1.37. The molecule has 1 aliphatic heterocycles. The molecule has 33 heavy (non-hydrogen) atoms. The summed E-state index contributed by atoms with van der Waals surface area (Å²) in [4.78, 5) is 14.3. The molecule has 1 aromatic rings. The van der Waals surface area contributed by atoms with Gasteiger partial charge in [0, 0.05) is 17.5 Å². The summed E-state index contributed by atoms with van der Waals surface area (Å²) >= 11 is 0. The number of hydrogen-bond acceptors (Lipinski definition) is 5. The number of nitrogens with two attached hydrogens (primary N) is 1. The summed E-state index contributed by atoms with van der Waals surface area (Å²) in [6, 6.07) is 6.02. The Morgan fingerprint density at radius 1 is 1.06 bits per heavy atom. The standard InChI is InChI=1S/C23H29F3N2O4S/c24-11-17(12-27)13-32-18-1-3-19(4-2-18)33(30,31)16-21-5-8-22(9-6-21,10-7-21)20(29)28-14-23(25,26)15-28/h1-4,11H,5-10,12-16,27H2/b17-11+. The monoisotopic (exact) mass is 486 g/mol.